The van der Waals surface area contributed by atoms with Crippen LogP contribution in [0.1, 0.15) is 23.2 Å². The van der Waals surface area contributed by atoms with Crippen LogP contribution in [0.15, 0.2) is 36.4 Å². The molecular formula is C16H15NO4. The van der Waals surface area contributed by atoms with Crippen molar-refractivity contribution in [2.75, 3.05) is 12.0 Å². The second-order valence-electron chi connectivity index (χ2n) is 5.21. The number of fused-ring (bicyclic) bond motifs is 1. The van der Waals surface area contributed by atoms with Crippen molar-refractivity contribution in [1.29, 1.82) is 0 Å². The number of amides is 2. The van der Waals surface area contributed by atoms with Crippen LogP contribution in [0.25, 0.3) is 0 Å². The molecule has 108 valence electrons. The Labute approximate surface area is 122 Å². The zero-order valence-electron chi connectivity index (χ0n) is 11.6. The summed E-state index contributed by atoms with van der Waals surface area (Å²) >= 11 is 0. The zero-order valence-corrected chi connectivity index (χ0v) is 11.6. The number of ether oxygens (including phenoxy) is 1. The predicted molar refractivity (Wildman–Crippen MR) is 75.6 cm³/mol. The summed E-state index contributed by atoms with van der Waals surface area (Å²) in [5.41, 5.74) is 0.895. The molecule has 1 aromatic rings. The van der Waals surface area contributed by atoms with E-state index in [2.05, 4.69) is 4.74 Å². The van der Waals surface area contributed by atoms with E-state index >= 15 is 0 Å². The Bertz CT molecular complexity index is 606. The number of hydrogen-bond donors (Lipinski definition) is 0. The lowest BCUT2D eigenvalue weighted by atomic mass is 9.85. The SMILES string of the molecule is COC(=O)c1ccc(N2C(=O)[C@@H]3CC=CC[C@H]3C2=O)cc1. The van der Waals surface area contributed by atoms with Gasteiger partial charge in [0.05, 0.1) is 30.2 Å². The minimum atomic E-state index is -0.446. The molecule has 3 rings (SSSR count). The maximum atomic E-state index is 12.4. The first-order chi connectivity index (χ1) is 10.1. The predicted octanol–water partition coefficient (Wildman–Crippen LogP) is 1.93. The van der Waals surface area contributed by atoms with Crippen LogP contribution in [0, 0.1) is 11.8 Å². The summed E-state index contributed by atoms with van der Waals surface area (Å²) in [5, 5.41) is 0. The van der Waals surface area contributed by atoms with E-state index in [1.54, 1.807) is 24.3 Å². The number of benzene rings is 1. The summed E-state index contributed by atoms with van der Waals surface area (Å²) in [5.74, 6) is -1.25. The Kier molecular flexibility index (Phi) is 3.33. The van der Waals surface area contributed by atoms with Gasteiger partial charge in [-0.2, -0.15) is 0 Å². The Morgan fingerprint density at radius 1 is 1.05 bits per heavy atom. The van der Waals surface area contributed by atoms with Crippen LogP contribution in [0.2, 0.25) is 0 Å². The van der Waals surface area contributed by atoms with Gasteiger partial charge >= 0.3 is 5.97 Å². The maximum absolute atomic E-state index is 12.4. The van der Waals surface area contributed by atoms with Crippen molar-refractivity contribution in [2.45, 2.75) is 12.8 Å². The number of hydrogen-bond acceptors (Lipinski definition) is 4. The molecule has 1 saturated heterocycles. The molecule has 0 bridgehead atoms. The molecule has 0 saturated carbocycles. The quantitative estimate of drug-likeness (QED) is 0.473. The second kappa shape index (κ2) is 5.16. The Balaban J connectivity index is 1.89. The molecular weight excluding hydrogens is 270 g/mol. The number of esters is 1. The van der Waals surface area contributed by atoms with Crippen LogP contribution in [0.5, 0.6) is 0 Å². The van der Waals surface area contributed by atoms with Crippen LogP contribution in [-0.4, -0.2) is 24.9 Å². The minimum absolute atomic E-state index is 0.153. The molecule has 0 radical (unpaired) electrons. The first kappa shape index (κ1) is 13.5. The molecule has 0 N–H and O–H groups in total. The molecule has 1 fully saturated rings. The standard InChI is InChI=1S/C16H15NO4/c1-21-16(20)10-6-8-11(9-7-10)17-14(18)12-4-2-3-5-13(12)15(17)19/h2-3,6-9,12-13H,4-5H2,1H3/t12-,13-/m1/s1. The van der Waals surface area contributed by atoms with Gasteiger partial charge in [-0.25, -0.2) is 4.79 Å². The van der Waals surface area contributed by atoms with Crippen molar-refractivity contribution in [3.8, 4) is 0 Å². The first-order valence-electron chi connectivity index (χ1n) is 6.84. The molecule has 5 heteroatoms. The van der Waals surface area contributed by atoms with E-state index in [4.69, 9.17) is 0 Å². The monoisotopic (exact) mass is 285 g/mol. The highest BCUT2D eigenvalue weighted by molar-refractivity contribution is 6.22. The molecule has 1 heterocycles. The summed E-state index contributed by atoms with van der Waals surface area (Å²) in [4.78, 5) is 37.5. The topological polar surface area (TPSA) is 63.7 Å². The van der Waals surface area contributed by atoms with E-state index in [0.29, 0.717) is 24.1 Å². The fourth-order valence-electron chi connectivity index (χ4n) is 2.92. The third kappa shape index (κ3) is 2.14. The van der Waals surface area contributed by atoms with E-state index < -0.39 is 5.97 Å². The molecule has 21 heavy (non-hydrogen) atoms. The van der Waals surface area contributed by atoms with Crippen molar-refractivity contribution >= 4 is 23.5 Å². The van der Waals surface area contributed by atoms with Crippen molar-refractivity contribution in [3.05, 3.63) is 42.0 Å². The van der Waals surface area contributed by atoms with E-state index in [1.165, 1.54) is 12.0 Å². The molecule has 2 atom stereocenters. The summed E-state index contributed by atoms with van der Waals surface area (Å²) in [6.07, 6.45) is 5.14. The number of rotatable bonds is 2. The number of allylic oxidation sites excluding steroid dienone is 2. The van der Waals surface area contributed by atoms with Gasteiger partial charge in [-0.3, -0.25) is 14.5 Å². The highest BCUT2D eigenvalue weighted by Crippen LogP contribution is 2.37. The smallest absolute Gasteiger partial charge is 0.337 e. The number of imide groups is 1. The molecule has 2 aliphatic rings. The van der Waals surface area contributed by atoms with Crippen molar-refractivity contribution in [1.82, 2.24) is 0 Å². The second-order valence-corrected chi connectivity index (χ2v) is 5.21. The van der Waals surface area contributed by atoms with Gasteiger partial charge in [0.2, 0.25) is 11.8 Å². The van der Waals surface area contributed by atoms with Gasteiger partial charge < -0.3 is 4.74 Å². The lowest BCUT2D eigenvalue weighted by Crippen LogP contribution is -2.30. The van der Waals surface area contributed by atoms with E-state index in [9.17, 15) is 14.4 Å². The molecule has 0 unspecified atom stereocenters. The molecule has 5 nitrogen and oxygen atoms in total. The number of anilines is 1. The zero-order chi connectivity index (χ0) is 15.0. The summed E-state index contributed by atoms with van der Waals surface area (Å²) in [7, 11) is 1.31. The lowest BCUT2D eigenvalue weighted by molar-refractivity contribution is -0.122. The lowest BCUT2D eigenvalue weighted by Gasteiger charge is -2.15. The van der Waals surface area contributed by atoms with Crippen LogP contribution in [0.3, 0.4) is 0 Å². The molecule has 0 spiro atoms. The summed E-state index contributed by atoms with van der Waals surface area (Å²) in [6, 6.07) is 6.32. The molecule has 1 aliphatic carbocycles. The number of methoxy groups -OCH3 is 1. The first-order valence-corrected chi connectivity index (χ1v) is 6.84. The van der Waals surface area contributed by atoms with Crippen LogP contribution in [0.4, 0.5) is 5.69 Å². The van der Waals surface area contributed by atoms with Crippen LogP contribution >= 0.6 is 0 Å². The average Bonchev–Trinajstić information content (AvgIpc) is 2.79. The molecule has 1 aliphatic heterocycles. The van der Waals surface area contributed by atoms with Crippen molar-refractivity contribution < 1.29 is 19.1 Å². The van der Waals surface area contributed by atoms with Gasteiger partial charge in [0.15, 0.2) is 0 Å². The molecule has 1 aromatic carbocycles. The van der Waals surface area contributed by atoms with Crippen molar-refractivity contribution in [3.63, 3.8) is 0 Å². The van der Waals surface area contributed by atoms with E-state index in [1.807, 2.05) is 12.2 Å². The Morgan fingerprint density at radius 3 is 2.05 bits per heavy atom. The van der Waals surface area contributed by atoms with Crippen LogP contribution in [-0.2, 0) is 14.3 Å². The normalized spacial score (nSPS) is 24.1. The fraction of sp³-hybridized carbons (Fsp3) is 0.312. The van der Waals surface area contributed by atoms with Crippen molar-refractivity contribution in [2.24, 2.45) is 11.8 Å². The molecule has 2 amide bonds. The van der Waals surface area contributed by atoms with E-state index in [-0.39, 0.29) is 23.7 Å². The average molecular weight is 285 g/mol. The van der Waals surface area contributed by atoms with Gasteiger partial charge in [-0.15, -0.1) is 0 Å². The highest BCUT2D eigenvalue weighted by Gasteiger charge is 2.47. The summed E-state index contributed by atoms with van der Waals surface area (Å²) in [6.45, 7) is 0. The highest BCUT2D eigenvalue weighted by atomic mass is 16.5. The fourth-order valence-corrected chi connectivity index (χ4v) is 2.92. The van der Waals surface area contributed by atoms with Crippen LogP contribution < -0.4 is 4.90 Å². The van der Waals surface area contributed by atoms with Gasteiger partial charge in [0, 0.05) is 0 Å². The summed E-state index contributed by atoms with van der Waals surface area (Å²) < 4.78 is 4.63. The number of carbonyl (C=O) groups is 3. The Hall–Kier alpha value is -2.43. The third-order valence-corrected chi connectivity index (χ3v) is 4.05. The third-order valence-electron chi connectivity index (χ3n) is 4.05. The Morgan fingerprint density at radius 2 is 1.57 bits per heavy atom. The molecule has 0 aromatic heterocycles. The number of nitrogens with zero attached hydrogens (tertiary/aromatic N) is 1. The maximum Gasteiger partial charge on any atom is 0.337 e. The number of carbonyl (C=O) groups excluding carboxylic acids is 3. The van der Waals surface area contributed by atoms with Gasteiger partial charge in [0.25, 0.3) is 0 Å². The van der Waals surface area contributed by atoms with Gasteiger partial charge in [-0.05, 0) is 37.1 Å². The van der Waals surface area contributed by atoms with Gasteiger partial charge in [0.1, 0.15) is 0 Å². The minimum Gasteiger partial charge on any atom is -0.465 e. The van der Waals surface area contributed by atoms with Gasteiger partial charge in [-0.1, -0.05) is 12.2 Å². The largest absolute Gasteiger partial charge is 0.465 e. The van der Waals surface area contributed by atoms with E-state index in [0.717, 1.165) is 0 Å².